The van der Waals surface area contributed by atoms with Crippen LogP contribution in [0.3, 0.4) is 0 Å². The van der Waals surface area contributed by atoms with Crippen LogP contribution in [0.4, 0.5) is 17.6 Å². The number of para-hydroxylation sites is 2. The largest absolute Gasteiger partial charge is 0.491 e. The maximum atomic E-state index is 14.7. The zero-order valence-electron chi connectivity index (χ0n) is 38.4. The molecule has 0 fully saturated rings. The maximum absolute atomic E-state index is 14.7. The summed E-state index contributed by atoms with van der Waals surface area (Å²) in [6.07, 6.45) is 1.31. The minimum atomic E-state index is -1.97. The number of nitrogens with one attached hydrogen (secondary N) is 1. The highest BCUT2D eigenvalue weighted by molar-refractivity contribution is 6.58. The van der Waals surface area contributed by atoms with E-state index in [0.29, 0.717) is 48.7 Å². The molecule has 9 rings (SSSR count). The predicted molar refractivity (Wildman–Crippen MR) is 271 cm³/mol. The first-order valence-corrected chi connectivity index (χ1v) is 22.7. The first kappa shape index (κ1) is 54.6. The lowest BCUT2D eigenvalue weighted by Crippen LogP contribution is -2.33. The van der Waals surface area contributed by atoms with E-state index in [1.54, 1.807) is 81.4 Å². The van der Waals surface area contributed by atoms with Crippen LogP contribution in [0.2, 0.25) is 15.2 Å². The van der Waals surface area contributed by atoms with Gasteiger partial charge in [-0.3, -0.25) is 19.3 Å². The first-order chi connectivity index (χ1) is 34.8. The van der Waals surface area contributed by atoms with Crippen molar-refractivity contribution in [3.63, 3.8) is 0 Å². The number of aromatic carboxylic acids is 1. The molecule has 8 aromatic rings. The Bertz CT molecular complexity index is 3410. The van der Waals surface area contributed by atoms with Crippen LogP contribution in [-0.2, 0) is 0 Å². The second kappa shape index (κ2) is 24.1. The number of hydrogen-bond donors (Lipinski definition) is 5. The third-order valence-electron chi connectivity index (χ3n) is 11.1. The molecule has 0 radical (unpaired) electrons. The number of carboxylic acid groups (broad SMARTS) is 1. The topological polar surface area (TPSA) is 203 Å². The molecule has 0 unspecified atom stereocenters. The highest BCUT2D eigenvalue weighted by Gasteiger charge is 2.39. The maximum Gasteiger partial charge on any atom is 0.491 e. The number of nitrogens with zero attached hydrogens (tertiary/aromatic N) is 4. The van der Waals surface area contributed by atoms with Crippen molar-refractivity contribution >= 4 is 99.1 Å². The first-order valence-electron chi connectivity index (χ1n) is 21.6. The molecule has 2 atom stereocenters. The number of imide groups is 1. The zero-order chi connectivity index (χ0) is 53.3. The third-order valence-corrected chi connectivity index (χ3v) is 12.0. The molecular weight excluding hydrogens is 1020 g/mol. The Hall–Kier alpha value is -7.74. The number of amides is 3. The van der Waals surface area contributed by atoms with E-state index >= 15 is 0 Å². The summed E-state index contributed by atoms with van der Waals surface area (Å²) in [6.45, 7) is 5.05. The summed E-state index contributed by atoms with van der Waals surface area (Å²) in [5.41, 5.74) is 2.23. The molecule has 1 aliphatic heterocycles. The van der Waals surface area contributed by atoms with Crippen molar-refractivity contribution in [2.24, 2.45) is 5.16 Å². The number of halogens is 7. The summed E-state index contributed by atoms with van der Waals surface area (Å²) < 4.78 is 53.6. The fourth-order valence-corrected chi connectivity index (χ4v) is 8.24. The highest BCUT2D eigenvalue weighted by Crippen LogP contribution is 2.37. The summed E-state index contributed by atoms with van der Waals surface area (Å²) >= 11 is 18.8. The number of pyridine rings is 2. The highest BCUT2D eigenvalue weighted by atomic mass is 35.5. The molecule has 372 valence electrons. The average molecular weight is 1060 g/mol. The lowest BCUT2D eigenvalue weighted by Gasteiger charge is -2.23. The van der Waals surface area contributed by atoms with Gasteiger partial charge in [-0.2, -0.15) is 0 Å². The van der Waals surface area contributed by atoms with Crippen LogP contribution in [0.5, 0.6) is 0 Å². The zero-order valence-corrected chi connectivity index (χ0v) is 40.6. The van der Waals surface area contributed by atoms with E-state index < -0.39 is 59.8 Å². The number of benzene rings is 6. The number of carbonyl (C=O) groups excluding carboxylic acids is 3. The average Bonchev–Trinajstić information content (AvgIpc) is 3.63. The van der Waals surface area contributed by atoms with E-state index in [1.165, 1.54) is 47.5 Å². The molecule has 21 heteroatoms. The van der Waals surface area contributed by atoms with E-state index in [-0.39, 0.29) is 39.4 Å². The van der Waals surface area contributed by atoms with Gasteiger partial charge in [-0.05, 0) is 87.5 Å². The molecule has 0 aliphatic carbocycles. The van der Waals surface area contributed by atoms with Crippen molar-refractivity contribution in [2.45, 2.75) is 32.9 Å². The van der Waals surface area contributed by atoms with Gasteiger partial charge in [0.25, 0.3) is 17.7 Å². The van der Waals surface area contributed by atoms with Crippen molar-refractivity contribution in [1.82, 2.24) is 20.2 Å². The van der Waals surface area contributed by atoms with Gasteiger partial charge in [0, 0.05) is 39.1 Å². The molecule has 0 bridgehead atoms. The predicted octanol–water partition coefficient (Wildman–Crippen LogP) is 11.0. The van der Waals surface area contributed by atoms with E-state index in [1.807, 2.05) is 18.2 Å². The second-order valence-electron chi connectivity index (χ2n) is 15.7. The van der Waals surface area contributed by atoms with E-state index in [9.17, 15) is 41.8 Å². The molecule has 0 saturated carbocycles. The molecule has 6 aromatic carbocycles. The van der Waals surface area contributed by atoms with Crippen molar-refractivity contribution in [2.75, 3.05) is 0 Å². The van der Waals surface area contributed by atoms with Crippen molar-refractivity contribution in [3.8, 4) is 11.3 Å². The number of carboxylic acids is 1. The van der Waals surface area contributed by atoms with Crippen molar-refractivity contribution < 1.29 is 57.1 Å². The Labute approximate surface area is 429 Å². The van der Waals surface area contributed by atoms with Gasteiger partial charge in [-0.1, -0.05) is 102 Å². The summed E-state index contributed by atoms with van der Waals surface area (Å²) in [7, 11) is -1.97. The number of aromatic nitrogens is 2. The summed E-state index contributed by atoms with van der Waals surface area (Å²) in [5, 5.41) is 41.6. The lowest BCUT2D eigenvalue weighted by atomic mass is 9.80. The molecule has 73 heavy (non-hydrogen) atoms. The molecule has 2 aromatic heterocycles. The van der Waals surface area contributed by atoms with Crippen LogP contribution in [0.1, 0.15) is 85.4 Å². The third kappa shape index (κ3) is 12.1. The molecule has 0 spiro atoms. The van der Waals surface area contributed by atoms with Crippen LogP contribution in [0.25, 0.3) is 33.1 Å². The minimum absolute atomic E-state index is 0.0212. The fraction of sp³-hybridized carbons (Fsp3) is 0.0962. The molecule has 13 nitrogen and oxygen atoms in total. The number of hydrogen-bond acceptors (Lipinski definition) is 10. The van der Waals surface area contributed by atoms with Gasteiger partial charge in [0.05, 0.1) is 61.1 Å². The summed E-state index contributed by atoms with van der Waals surface area (Å²) in [5.74, 6) is -6.93. The smallest absolute Gasteiger partial charge is 0.478 e. The van der Waals surface area contributed by atoms with Gasteiger partial charge >= 0.3 is 13.1 Å². The van der Waals surface area contributed by atoms with E-state index in [2.05, 4.69) is 20.4 Å². The number of rotatable bonds is 8. The van der Waals surface area contributed by atoms with Gasteiger partial charge in [-0.15, -0.1) is 5.16 Å². The SMILES string of the molecule is C/C=N\O.C[C@@H](c1cc2cccc(Cl)c2nc1Cl)N1C(=O)c2ccccc2C1=O.C[C@H](NC(=O)c1ccccc1C(=O)O)c1cc2cccc(Cl)c2nc1-c1cccc(F)c1F.OB(O)c1cccc(F)c1F. The Morgan fingerprint density at radius 2 is 1.15 bits per heavy atom. The molecule has 3 amide bonds. The van der Waals surface area contributed by atoms with Crippen LogP contribution in [-0.4, -0.2) is 72.3 Å². The van der Waals surface area contributed by atoms with Gasteiger partial charge in [0.1, 0.15) is 5.15 Å². The molecule has 0 saturated heterocycles. The Morgan fingerprint density at radius 1 is 0.671 bits per heavy atom. The normalized spacial score (nSPS) is 12.5. The standard InChI is InChI=1S/C25H17ClF2N2O3.C19H12Cl2N2O2.C6H5BF2O2.C2H5NO/c1-13(29-24(31)15-7-2-3-8-16(15)25(32)33)18-12-14-6-4-10-19(26)22(14)30-23(18)17-9-5-11-20(27)21(17)28;1-10(23-18(24)12-6-2-3-7-13(12)19(23)25)14-9-11-5-4-8-15(20)16(11)22-17(14)21;8-5-3-1-2-4(6(5)9)7(10)11;1-2-3-4/h2-13H,1H3,(H,29,31)(H,32,33);2-10H,1H3;1-3,10-11H;2,4H,1H3/b;;;3-2-/t13-;10-;;/m00../s1. The quantitative estimate of drug-likeness (QED) is 0.0185. The number of oxime groups is 1. The molecule has 1 aliphatic rings. The van der Waals surface area contributed by atoms with Gasteiger partial charge < -0.3 is 25.7 Å². The number of fused-ring (bicyclic) bond motifs is 3. The van der Waals surface area contributed by atoms with Crippen LogP contribution in [0, 0.1) is 23.3 Å². The van der Waals surface area contributed by atoms with Crippen LogP contribution >= 0.6 is 34.8 Å². The lowest BCUT2D eigenvalue weighted by molar-refractivity contribution is 0.0593. The number of carbonyl (C=O) groups is 4. The molecule has 3 heterocycles. The van der Waals surface area contributed by atoms with Gasteiger partial charge in [0.15, 0.2) is 23.3 Å². The molecular formula is C52H39BCl3F4N5O8. The summed E-state index contributed by atoms with van der Waals surface area (Å²) in [4.78, 5) is 59.8. The van der Waals surface area contributed by atoms with E-state index in [4.69, 9.17) is 50.1 Å². The minimum Gasteiger partial charge on any atom is -0.478 e. The monoisotopic (exact) mass is 1050 g/mol. The van der Waals surface area contributed by atoms with Gasteiger partial charge in [-0.25, -0.2) is 32.3 Å². The Balaban J connectivity index is 0.000000190. The van der Waals surface area contributed by atoms with Crippen molar-refractivity contribution in [1.29, 1.82) is 0 Å². The fourth-order valence-electron chi connectivity index (χ4n) is 7.50. The molecule has 5 N–H and O–H groups in total. The van der Waals surface area contributed by atoms with Crippen LogP contribution in [0.15, 0.2) is 139 Å². The Morgan fingerprint density at radius 3 is 1.68 bits per heavy atom. The van der Waals surface area contributed by atoms with Crippen molar-refractivity contribution in [3.05, 3.63) is 205 Å². The second-order valence-corrected chi connectivity index (χ2v) is 16.8. The van der Waals surface area contributed by atoms with E-state index in [0.717, 1.165) is 23.6 Å². The Kier molecular flexibility index (Phi) is 18.0. The summed E-state index contributed by atoms with van der Waals surface area (Å²) in [6, 6.07) is 32.3. The van der Waals surface area contributed by atoms with Gasteiger partial charge in [0.2, 0.25) is 0 Å². The van der Waals surface area contributed by atoms with Crippen LogP contribution < -0.4 is 10.8 Å².